The van der Waals surface area contributed by atoms with Gasteiger partial charge in [-0.1, -0.05) is 50.2 Å². The number of rotatable bonds is 3. The molecule has 4 nitrogen and oxygen atoms in total. The number of pyridine rings is 1. The van der Waals surface area contributed by atoms with Gasteiger partial charge in [-0.25, -0.2) is 9.67 Å². The van der Waals surface area contributed by atoms with Gasteiger partial charge in [0, 0.05) is 11.8 Å². The van der Waals surface area contributed by atoms with Crippen molar-refractivity contribution in [2.24, 2.45) is 0 Å². The number of hydrogen-bond donors (Lipinski definition) is 1. The van der Waals surface area contributed by atoms with Gasteiger partial charge in [-0.15, -0.1) is 0 Å². The molecule has 0 aliphatic heterocycles. The smallest absolute Gasteiger partial charge is 0.276 e. The van der Waals surface area contributed by atoms with Gasteiger partial charge in [0.05, 0.1) is 5.69 Å². The molecule has 0 spiro atoms. The van der Waals surface area contributed by atoms with E-state index in [0.29, 0.717) is 5.82 Å². The standard InChI is InChI=1S/C17H17N3O/c1-12(2)15-16(13-8-4-3-5-9-13)19-20(17(15)21)14-10-6-7-11-18-14/h3-12,19H,1-2H3. The Hall–Kier alpha value is -2.62. The van der Waals surface area contributed by atoms with Gasteiger partial charge in [0.2, 0.25) is 0 Å². The molecule has 3 aromatic rings. The van der Waals surface area contributed by atoms with E-state index in [1.165, 1.54) is 4.68 Å². The molecule has 0 unspecified atom stereocenters. The highest BCUT2D eigenvalue weighted by molar-refractivity contribution is 5.63. The van der Waals surface area contributed by atoms with E-state index in [1.807, 2.05) is 62.4 Å². The summed E-state index contributed by atoms with van der Waals surface area (Å²) in [6, 6.07) is 15.4. The predicted octanol–water partition coefficient (Wildman–Crippen LogP) is 3.35. The lowest BCUT2D eigenvalue weighted by Crippen LogP contribution is -2.18. The van der Waals surface area contributed by atoms with E-state index in [4.69, 9.17) is 0 Å². The lowest BCUT2D eigenvalue weighted by molar-refractivity contribution is 0.805. The number of nitrogens with one attached hydrogen (secondary N) is 1. The van der Waals surface area contributed by atoms with Crippen LogP contribution in [0.4, 0.5) is 0 Å². The Kier molecular flexibility index (Phi) is 3.44. The van der Waals surface area contributed by atoms with Crippen molar-refractivity contribution >= 4 is 0 Å². The first-order chi connectivity index (χ1) is 10.2. The summed E-state index contributed by atoms with van der Waals surface area (Å²) in [6.07, 6.45) is 1.68. The zero-order valence-corrected chi connectivity index (χ0v) is 12.1. The third-order valence-electron chi connectivity index (χ3n) is 3.44. The van der Waals surface area contributed by atoms with Gasteiger partial charge in [-0.2, -0.15) is 0 Å². The Balaban J connectivity index is 2.24. The molecule has 0 amide bonds. The van der Waals surface area contributed by atoms with Crippen molar-refractivity contribution in [3.8, 4) is 17.1 Å². The van der Waals surface area contributed by atoms with Gasteiger partial charge in [-0.05, 0) is 23.6 Å². The van der Waals surface area contributed by atoms with Crippen molar-refractivity contribution in [2.45, 2.75) is 19.8 Å². The van der Waals surface area contributed by atoms with E-state index in [0.717, 1.165) is 16.8 Å². The van der Waals surface area contributed by atoms with Gasteiger partial charge >= 0.3 is 0 Å². The molecule has 1 aromatic carbocycles. The number of nitrogens with zero attached hydrogens (tertiary/aromatic N) is 2. The van der Waals surface area contributed by atoms with Crippen LogP contribution in [0.15, 0.2) is 59.5 Å². The molecule has 1 N–H and O–H groups in total. The van der Waals surface area contributed by atoms with Crippen LogP contribution in [0.25, 0.3) is 17.1 Å². The average Bonchev–Trinajstić information content (AvgIpc) is 2.87. The second-order valence-electron chi connectivity index (χ2n) is 5.25. The fourth-order valence-electron chi connectivity index (χ4n) is 2.46. The second-order valence-corrected chi connectivity index (χ2v) is 5.25. The molecule has 106 valence electrons. The van der Waals surface area contributed by atoms with Crippen LogP contribution < -0.4 is 5.56 Å². The molecule has 0 bridgehead atoms. The summed E-state index contributed by atoms with van der Waals surface area (Å²) in [5, 5.41) is 3.21. The zero-order valence-electron chi connectivity index (χ0n) is 12.1. The Bertz CT molecular complexity index is 786. The molecule has 2 aromatic heterocycles. The number of hydrogen-bond acceptors (Lipinski definition) is 2. The van der Waals surface area contributed by atoms with Crippen LogP contribution in [-0.2, 0) is 0 Å². The first-order valence-corrected chi connectivity index (χ1v) is 7.00. The quantitative estimate of drug-likeness (QED) is 0.799. The van der Waals surface area contributed by atoms with Gasteiger partial charge in [0.25, 0.3) is 5.56 Å². The van der Waals surface area contributed by atoms with Crippen molar-refractivity contribution < 1.29 is 0 Å². The number of benzene rings is 1. The molecule has 0 fully saturated rings. The predicted molar refractivity (Wildman–Crippen MR) is 83.7 cm³/mol. The Labute approximate surface area is 123 Å². The lowest BCUT2D eigenvalue weighted by atomic mass is 9.99. The maximum Gasteiger partial charge on any atom is 0.276 e. The first kappa shape index (κ1) is 13.4. The van der Waals surface area contributed by atoms with Crippen molar-refractivity contribution in [1.29, 1.82) is 0 Å². The maximum absolute atomic E-state index is 12.7. The van der Waals surface area contributed by atoms with Crippen LogP contribution in [0.3, 0.4) is 0 Å². The summed E-state index contributed by atoms with van der Waals surface area (Å²) in [4.78, 5) is 16.9. The second kappa shape index (κ2) is 5.40. The van der Waals surface area contributed by atoms with Crippen molar-refractivity contribution in [2.75, 3.05) is 0 Å². The first-order valence-electron chi connectivity index (χ1n) is 7.00. The molecular weight excluding hydrogens is 262 g/mol. The van der Waals surface area contributed by atoms with E-state index in [1.54, 1.807) is 6.20 Å². The molecule has 0 aliphatic rings. The Morgan fingerprint density at radius 1 is 1.05 bits per heavy atom. The minimum atomic E-state index is -0.0393. The van der Waals surface area contributed by atoms with Gasteiger partial charge < -0.3 is 0 Å². The molecule has 0 atom stereocenters. The summed E-state index contributed by atoms with van der Waals surface area (Å²) >= 11 is 0. The highest BCUT2D eigenvalue weighted by atomic mass is 16.1. The van der Waals surface area contributed by atoms with E-state index < -0.39 is 0 Å². The lowest BCUT2D eigenvalue weighted by Gasteiger charge is -2.04. The number of aromatic amines is 1. The van der Waals surface area contributed by atoms with Crippen molar-refractivity contribution in [3.63, 3.8) is 0 Å². The fourth-order valence-corrected chi connectivity index (χ4v) is 2.46. The molecule has 0 aliphatic carbocycles. The van der Waals surface area contributed by atoms with Gasteiger partial charge in [-0.3, -0.25) is 9.89 Å². The van der Waals surface area contributed by atoms with Crippen LogP contribution >= 0.6 is 0 Å². The molecule has 3 rings (SSSR count). The van der Waals surface area contributed by atoms with Crippen LogP contribution in [0, 0.1) is 0 Å². The van der Waals surface area contributed by atoms with E-state index in [9.17, 15) is 4.79 Å². The Morgan fingerprint density at radius 3 is 2.38 bits per heavy atom. The number of H-pyrrole nitrogens is 1. The number of aromatic nitrogens is 3. The molecule has 0 saturated heterocycles. The van der Waals surface area contributed by atoms with Gasteiger partial charge in [0.1, 0.15) is 0 Å². The normalized spacial score (nSPS) is 11.0. The summed E-state index contributed by atoms with van der Waals surface area (Å²) in [5.41, 5.74) is 2.61. The van der Waals surface area contributed by atoms with E-state index in [-0.39, 0.29) is 11.5 Å². The van der Waals surface area contributed by atoms with Crippen LogP contribution in [0.2, 0.25) is 0 Å². The molecular formula is C17H17N3O. The molecule has 0 radical (unpaired) electrons. The van der Waals surface area contributed by atoms with Gasteiger partial charge in [0.15, 0.2) is 5.82 Å². The largest absolute Gasteiger partial charge is 0.289 e. The third-order valence-corrected chi connectivity index (χ3v) is 3.44. The minimum Gasteiger partial charge on any atom is -0.289 e. The molecule has 2 heterocycles. The fraction of sp³-hybridized carbons (Fsp3) is 0.176. The molecule has 0 saturated carbocycles. The Morgan fingerprint density at radius 2 is 1.76 bits per heavy atom. The summed E-state index contributed by atoms with van der Waals surface area (Å²) in [7, 11) is 0. The average molecular weight is 279 g/mol. The summed E-state index contributed by atoms with van der Waals surface area (Å²) in [6.45, 7) is 4.06. The minimum absolute atomic E-state index is 0.0393. The van der Waals surface area contributed by atoms with E-state index >= 15 is 0 Å². The monoisotopic (exact) mass is 279 g/mol. The molecule has 21 heavy (non-hydrogen) atoms. The maximum atomic E-state index is 12.7. The third kappa shape index (κ3) is 2.40. The van der Waals surface area contributed by atoms with Crippen molar-refractivity contribution in [3.05, 3.63) is 70.6 Å². The summed E-state index contributed by atoms with van der Waals surface area (Å²) < 4.78 is 1.51. The molecule has 4 heteroatoms. The van der Waals surface area contributed by atoms with Crippen molar-refractivity contribution in [1.82, 2.24) is 14.8 Å². The van der Waals surface area contributed by atoms with E-state index in [2.05, 4.69) is 10.1 Å². The van der Waals surface area contributed by atoms with Crippen LogP contribution in [-0.4, -0.2) is 14.8 Å². The van der Waals surface area contributed by atoms with Crippen LogP contribution in [0.5, 0.6) is 0 Å². The topological polar surface area (TPSA) is 50.7 Å². The summed E-state index contributed by atoms with van der Waals surface area (Å²) in [5.74, 6) is 0.737. The van der Waals surface area contributed by atoms with Crippen LogP contribution in [0.1, 0.15) is 25.3 Å². The SMILES string of the molecule is CC(C)c1c(-c2ccccc2)[nH]n(-c2ccccn2)c1=O. The highest BCUT2D eigenvalue weighted by Crippen LogP contribution is 2.25. The zero-order chi connectivity index (χ0) is 14.8. The highest BCUT2D eigenvalue weighted by Gasteiger charge is 2.19.